The first-order chi connectivity index (χ1) is 16.2. The van der Waals surface area contributed by atoms with Crippen molar-refractivity contribution in [3.63, 3.8) is 0 Å². The van der Waals surface area contributed by atoms with Crippen LogP contribution < -0.4 is 19.9 Å². The maximum atomic E-state index is 11.5. The Bertz CT molecular complexity index is 989. The molecule has 3 aromatic carbocycles. The maximum absolute atomic E-state index is 11.5. The van der Waals surface area contributed by atoms with Crippen LogP contribution in [-0.4, -0.2) is 32.9 Å². The number of nitrogens with two attached hydrogens (primary N) is 1. The minimum absolute atomic E-state index is 0.408. The molecule has 0 aliphatic rings. The van der Waals surface area contributed by atoms with E-state index in [0.717, 1.165) is 37.2 Å². The third kappa shape index (κ3) is 8.07. The molecule has 33 heavy (non-hydrogen) atoms. The Morgan fingerprint density at radius 3 is 2.03 bits per heavy atom. The third-order valence-corrected chi connectivity index (χ3v) is 5.04. The van der Waals surface area contributed by atoms with Crippen LogP contribution in [0.1, 0.15) is 35.2 Å². The number of para-hydroxylation sites is 1. The van der Waals surface area contributed by atoms with Crippen molar-refractivity contribution < 1.29 is 23.7 Å². The van der Waals surface area contributed by atoms with Crippen molar-refractivity contribution in [1.82, 2.24) is 0 Å². The van der Waals surface area contributed by atoms with Gasteiger partial charge in [-0.1, -0.05) is 30.3 Å². The molecule has 0 aliphatic carbocycles. The van der Waals surface area contributed by atoms with Crippen LogP contribution in [0, 0.1) is 0 Å². The van der Waals surface area contributed by atoms with E-state index in [1.165, 1.54) is 12.7 Å². The molecule has 3 rings (SSSR count). The zero-order valence-electron chi connectivity index (χ0n) is 19.0. The number of unbranched alkanes of at least 4 members (excludes halogenated alkanes) is 1. The molecule has 6 heteroatoms. The van der Waals surface area contributed by atoms with Crippen LogP contribution in [0.3, 0.4) is 0 Å². The highest BCUT2D eigenvalue weighted by atomic mass is 16.5. The molecule has 0 aromatic heterocycles. The van der Waals surface area contributed by atoms with E-state index in [0.29, 0.717) is 36.8 Å². The minimum atomic E-state index is -0.419. The van der Waals surface area contributed by atoms with Crippen LogP contribution in [0.2, 0.25) is 0 Å². The number of rotatable bonds is 13. The van der Waals surface area contributed by atoms with Crippen LogP contribution in [0.4, 0.5) is 5.69 Å². The fraction of sp³-hybridized carbons (Fsp3) is 0.296. The quantitative estimate of drug-likeness (QED) is 0.217. The molecule has 0 saturated carbocycles. The summed E-state index contributed by atoms with van der Waals surface area (Å²) in [5, 5.41) is 0. The molecule has 0 atom stereocenters. The van der Waals surface area contributed by atoms with Gasteiger partial charge in [-0.05, 0) is 73.7 Å². The van der Waals surface area contributed by atoms with E-state index in [2.05, 4.69) is 12.1 Å². The number of methoxy groups -OCH3 is 1. The summed E-state index contributed by atoms with van der Waals surface area (Å²) >= 11 is 0. The Morgan fingerprint density at radius 2 is 1.39 bits per heavy atom. The highest BCUT2D eigenvalue weighted by Crippen LogP contribution is 2.23. The van der Waals surface area contributed by atoms with Gasteiger partial charge >= 0.3 is 5.97 Å². The van der Waals surface area contributed by atoms with E-state index in [9.17, 15) is 4.79 Å². The molecule has 0 radical (unpaired) electrons. The number of carbonyl (C=O) groups excluding carboxylic acids is 1. The molecule has 6 nitrogen and oxygen atoms in total. The number of nitrogen functional groups attached to an aromatic ring is 1. The number of aryl methyl sites for hydroxylation is 1. The van der Waals surface area contributed by atoms with E-state index in [1.807, 2.05) is 42.5 Å². The first-order valence-electron chi connectivity index (χ1n) is 11.2. The largest absolute Gasteiger partial charge is 0.494 e. The van der Waals surface area contributed by atoms with Gasteiger partial charge in [-0.25, -0.2) is 4.79 Å². The van der Waals surface area contributed by atoms with Gasteiger partial charge in [0, 0.05) is 0 Å². The molecule has 0 fully saturated rings. The third-order valence-electron chi connectivity index (χ3n) is 5.04. The normalized spacial score (nSPS) is 10.5. The van der Waals surface area contributed by atoms with Crippen LogP contribution in [-0.2, 0) is 11.2 Å². The van der Waals surface area contributed by atoms with Crippen molar-refractivity contribution in [1.29, 1.82) is 0 Å². The highest BCUT2D eigenvalue weighted by Gasteiger charge is 2.08. The molecule has 0 heterocycles. The first kappa shape index (κ1) is 24.0. The number of hydrogen-bond donors (Lipinski definition) is 1. The van der Waals surface area contributed by atoms with Gasteiger partial charge in [0.05, 0.1) is 38.2 Å². The van der Waals surface area contributed by atoms with Crippen LogP contribution in [0.25, 0.3) is 0 Å². The van der Waals surface area contributed by atoms with Gasteiger partial charge in [0.1, 0.15) is 17.2 Å². The van der Waals surface area contributed by atoms with Gasteiger partial charge in [-0.2, -0.15) is 0 Å². The van der Waals surface area contributed by atoms with E-state index < -0.39 is 5.97 Å². The molecule has 0 unspecified atom stereocenters. The van der Waals surface area contributed by atoms with E-state index >= 15 is 0 Å². The van der Waals surface area contributed by atoms with Crippen molar-refractivity contribution >= 4 is 11.7 Å². The molecule has 0 spiro atoms. The van der Waals surface area contributed by atoms with Gasteiger partial charge in [-0.3, -0.25) is 0 Å². The lowest BCUT2D eigenvalue weighted by molar-refractivity contribution is 0.0600. The Morgan fingerprint density at radius 1 is 0.758 bits per heavy atom. The topological polar surface area (TPSA) is 80.0 Å². The Labute approximate surface area is 195 Å². The van der Waals surface area contributed by atoms with E-state index in [1.54, 1.807) is 18.2 Å². The fourth-order valence-corrected chi connectivity index (χ4v) is 3.24. The molecule has 174 valence electrons. The molecular weight excluding hydrogens is 418 g/mol. The molecule has 0 aliphatic heterocycles. The standard InChI is InChI=1S/C27H31NO5/c1-30-27(29)22-13-16-26(25(28)20-22)33-19-7-8-21-11-14-24(15-12-21)32-18-6-5-17-31-23-9-3-2-4-10-23/h2-4,9-16,20H,5-8,17-19,28H2,1H3. The van der Waals surface area contributed by atoms with Gasteiger partial charge < -0.3 is 24.7 Å². The molecule has 2 N–H and O–H groups in total. The summed E-state index contributed by atoms with van der Waals surface area (Å²) in [7, 11) is 1.34. The molecule has 0 bridgehead atoms. The number of carbonyl (C=O) groups is 1. The number of hydrogen-bond acceptors (Lipinski definition) is 6. The first-order valence-corrected chi connectivity index (χ1v) is 11.2. The Hall–Kier alpha value is -3.67. The van der Waals surface area contributed by atoms with Crippen molar-refractivity contribution in [3.8, 4) is 17.2 Å². The zero-order valence-corrected chi connectivity index (χ0v) is 19.0. The van der Waals surface area contributed by atoms with Gasteiger partial charge in [0.2, 0.25) is 0 Å². The summed E-state index contributed by atoms with van der Waals surface area (Å²) in [5.74, 6) is 1.93. The second-order valence-electron chi connectivity index (χ2n) is 7.56. The summed E-state index contributed by atoms with van der Waals surface area (Å²) in [6.07, 6.45) is 3.62. The monoisotopic (exact) mass is 449 g/mol. The predicted octanol–water partition coefficient (Wildman–Crippen LogP) is 5.31. The minimum Gasteiger partial charge on any atom is -0.494 e. The second kappa shape index (κ2) is 13.0. The van der Waals surface area contributed by atoms with E-state index in [-0.39, 0.29) is 0 Å². The lowest BCUT2D eigenvalue weighted by Gasteiger charge is -2.10. The summed E-state index contributed by atoms with van der Waals surface area (Å²) in [6, 6.07) is 22.9. The molecular formula is C27H31NO5. The summed E-state index contributed by atoms with van der Waals surface area (Å²) in [4.78, 5) is 11.5. The Kier molecular flexibility index (Phi) is 9.45. The summed E-state index contributed by atoms with van der Waals surface area (Å²) in [6.45, 7) is 1.89. The fourth-order valence-electron chi connectivity index (χ4n) is 3.24. The zero-order chi connectivity index (χ0) is 23.3. The lowest BCUT2D eigenvalue weighted by Crippen LogP contribution is -2.05. The summed E-state index contributed by atoms with van der Waals surface area (Å²) in [5.41, 5.74) is 8.01. The lowest BCUT2D eigenvalue weighted by atomic mass is 10.1. The van der Waals surface area contributed by atoms with Gasteiger partial charge in [-0.15, -0.1) is 0 Å². The van der Waals surface area contributed by atoms with Crippen LogP contribution in [0.15, 0.2) is 72.8 Å². The number of anilines is 1. The maximum Gasteiger partial charge on any atom is 0.337 e. The van der Waals surface area contributed by atoms with Crippen LogP contribution >= 0.6 is 0 Å². The van der Waals surface area contributed by atoms with Crippen molar-refractivity contribution in [2.24, 2.45) is 0 Å². The number of ether oxygens (including phenoxy) is 4. The van der Waals surface area contributed by atoms with Crippen LogP contribution in [0.5, 0.6) is 17.2 Å². The predicted molar refractivity (Wildman–Crippen MR) is 129 cm³/mol. The van der Waals surface area contributed by atoms with E-state index in [4.69, 9.17) is 24.7 Å². The summed E-state index contributed by atoms with van der Waals surface area (Å²) < 4.78 is 21.9. The number of esters is 1. The van der Waals surface area contributed by atoms with Crippen molar-refractivity contribution in [3.05, 3.63) is 83.9 Å². The van der Waals surface area contributed by atoms with Gasteiger partial charge in [0.15, 0.2) is 0 Å². The van der Waals surface area contributed by atoms with Gasteiger partial charge in [0.25, 0.3) is 0 Å². The smallest absolute Gasteiger partial charge is 0.337 e. The van der Waals surface area contributed by atoms with Crippen molar-refractivity contribution in [2.75, 3.05) is 32.7 Å². The Balaban J connectivity index is 1.29. The average Bonchev–Trinajstić information content (AvgIpc) is 2.85. The highest BCUT2D eigenvalue weighted by molar-refractivity contribution is 5.90. The SMILES string of the molecule is COC(=O)c1ccc(OCCCc2ccc(OCCCCOc3ccccc3)cc2)c(N)c1. The van der Waals surface area contributed by atoms with Crippen molar-refractivity contribution in [2.45, 2.75) is 25.7 Å². The molecule has 0 amide bonds. The average molecular weight is 450 g/mol. The molecule has 0 saturated heterocycles. The number of benzene rings is 3. The second-order valence-corrected chi connectivity index (χ2v) is 7.56. The molecule has 3 aromatic rings.